The molecule has 2 heterocycles. The number of hydrogen-bond acceptors (Lipinski definition) is 2. The van der Waals surface area contributed by atoms with Crippen LogP contribution in [0.5, 0.6) is 0 Å². The van der Waals surface area contributed by atoms with Gasteiger partial charge in [-0.2, -0.15) is 11.8 Å². The maximum Gasteiger partial charge on any atom is 0.119 e. The highest BCUT2D eigenvalue weighted by atomic mass is 32.2. The van der Waals surface area contributed by atoms with E-state index in [4.69, 9.17) is 0 Å². The van der Waals surface area contributed by atoms with E-state index in [1.165, 1.54) is 43.6 Å². The van der Waals surface area contributed by atoms with Gasteiger partial charge >= 0.3 is 0 Å². The van der Waals surface area contributed by atoms with Gasteiger partial charge in [0.1, 0.15) is 11.0 Å². The molecule has 0 N–H and O–H groups in total. The molecule has 0 aromatic carbocycles. The quantitative estimate of drug-likeness (QED) is 0.631. The van der Waals surface area contributed by atoms with E-state index in [2.05, 4.69) is 11.8 Å². The van der Waals surface area contributed by atoms with Crippen molar-refractivity contribution in [1.82, 2.24) is 0 Å². The Bertz CT molecular complexity index is 157. The third-order valence-corrected chi connectivity index (χ3v) is 6.37. The van der Waals surface area contributed by atoms with Crippen molar-refractivity contribution in [2.75, 3.05) is 17.3 Å². The van der Waals surface area contributed by atoms with Crippen LogP contribution in [-0.2, 0) is 11.2 Å². The predicted octanol–water partition coefficient (Wildman–Crippen LogP) is 2.43. The lowest BCUT2D eigenvalue weighted by Crippen LogP contribution is -2.37. The zero-order valence-corrected chi connectivity index (χ0v) is 9.67. The van der Waals surface area contributed by atoms with E-state index in [0.717, 1.165) is 11.7 Å². The van der Waals surface area contributed by atoms with Crippen molar-refractivity contribution in [3.05, 3.63) is 0 Å². The Hall–Kier alpha value is 0.660. The molecular formula is C10H18OS2. The first-order valence-electron chi connectivity index (χ1n) is 5.33. The first-order valence-corrected chi connectivity index (χ1v) is 7.86. The molecule has 3 unspecified atom stereocenters. The lowest BCUT2D eigenvalue weighted by atomic mass is 9.97. The van der Waals surface area contributed by atoms with Crippen molar-refractivity contribution in [2.45, 2.75) is 37.4 Å². The monoisotopic (exact) mass is 218 g/mol. The van der Waals surface area contributed by atoms with Crippen molar-refractivity contribution < 1.29 is 4.55 Å². The summed E-state index contributed by atoms with van der Waals surface area (Å²) < 4.78 is 11.8. The van der Waals surface area contributed by atoms with Crippen molar-refractivity contribution in [3.63, 3.8) is 0 Å². The maximum absolute atomic E-state index is 11.8. The molecule has 3 atom stereocenters. The molecule has 13 heavy (non-hydrogen) atoms. The molecule has 2 rings (SSSR count). The smallest absolute Gasteiger partial charge is 0.119 e. The summed E-state index contributed by atoms with van der Waals surface area (Å²) in [4.78, 5) is 0. The van der Waals surface area contributed by atoms with Gasteiger partial charge in [0.25, 0.3) is 0 Å². The average molecular weight is 218 g/mol. The number of rotatable bonds is 1. The van der Waals surface area contributed by atoms with E-state index in [-0.39, 0.29) is 0 Å². The second-order valence-electron chi connectivity index (χ2n) is 4.10. The lowest BCUT2D eigenvalue weighted by molar-refractivity contribution is 0.432. The topological polar surface area (TPSA) is 23.1 Å². The average Bonchev–Trinajstić information content (AvgIpc) is 2.20. The molecular weight excluding hydrogens is 200 g/mol. The van der Waals surface area contributed by atoms with E-state index < -0.39 is 11.2 Å². The Balaban J connectivity index is 1.88. The van der Waals surface area contributed by atoms with Crippen molar-refractivity contribution in [2.24, 2.45) is 5.92 Å². The van der Waals surface area contributed by atoms with E-state index >= 15 is 0 Å². The molecule has 2 fully saturated rings. The Kier molecular flexibility index (Phi) is 3.87. The van der Waals surface area contributed by atoms with Gasteiger partial charge in [-0.1, -0.05) is 11.2 Å². The van der Waals surface area contributed by atoms with Gasteiger partial charge in [0.2, 0.25) is 0 Å². The van der Waals surface area contributed by atoms with Crippen LogP contribution in [0.4, 0.5) is 0 Å². The van der Waals surface area contributed by atoms with Crippen LogP contribution in [0.2, 0.25) is 0 Å². The maximum atomic E-state index is 11.8. The summed E-state index contributed by atoms with van der Waals surface area (Å²) in [7, 11) is 0. The largest absolute Gasteiger partial charge is 0.616 e. The molecule has 1 nitrogen and oxygen atoms in total. The molecule has 2 aliphatic rings. The molecule has 3 heteroatoms. The first-order chi connectivity index (χ1) is 6.38. The van der Waals surface area contributed by atoms with Crippen molar-refractivity contribution in [3.8, 4) is 0 Å². The highest BCUT2D eigenvalue weighted by Crippen LogP contribution is 2.33. The molecule has 0 aromatic heterocycles. The lowest BCUT2D eigenvalue weighted by Gasteiger charge is -2.33. The van der Waals surface area contributed by atoms with Crippen LogP contribution in [0.25, 0.3) is 0 Å². The molecule has 2 aliphatic heterocycles. The van der Waals surface area contributed by atoms with Gasteiger partial charge < -0.3 is 4.55 Å². The number of thioether (sulfide) groups is 1. The summed E-state index contributed by atoms with van der Waals surface area (Å²) in [6, 6.07) is 0. The zero-order chi connectivity index (χ0) is 9.10. The van der Waals surface area contributed by atoms with Gasteiger partial charge in [0, 0.05) is 11.7 Å². The first kappa shape index (κ1) is 10.2. The Morgan fingerprint density at radius 2 is 2.08 bits per heavy atom. The minimum absolute atomic E-state index is 0.489. The van der Waals surface area contributed by atoms with Gasteiger partial charge in [-0.05, 0) is 37.9 Å². The van der Waals surface area contributed by atoms with E-state index in [9.17, 15) is 4.55 Å². The Morgan fingerprint density at radius 1 is 1.15 bits per heavy atom. The van der Waals surface area contributed by atoms with Gasteiger partial charge in [-0.25, -0.2) is 0 Å². The molecule has 0 bridgehead atoms. The normalized spacial score (nSPS) is 41.8. The standard InChI is InChI=1S/C10H18OS2/c11-13-7-2-1-5-10(13)9-4-3-6-12-8-9/h9-10H,1-8H2. The fourth-order valence-electron chi connectivity index (χ4n) is 2.38. The predicted molar refractivity (Wildman–Crippen MR) is 60.7 cm³/mol. The van der Waals surface area contributed by atoms with E-state index in [1.807, 2.05) is 0 Å². The zero-order valence-electron chi connectivity index (χ0n) is 8.04. The van der Waals surface area contributed by atoms with Crippen LogP contribution in [0.1, 0.15) is 32.1 Å². The Morgan fingerprint density at radius 3 is 2.77 bits per heavy atom. The summed E-state index contributed by atoms with van der Waals surface area (Å²) in [5.41, 5.74) is 0. The molecule has 0 aliphatic carbocycles. The molecule has 0 saturated carbocycles. The van der Waals surface area contributed by atoms with Gasteiger partial charge in [0.15, 0.2) is 0 Å². The third-order valence-electron chi connectivity index (χ3n) is 3.14. The summed E-state index contributed by atoms with van der Waals surface area (Å²) in [6.07, 6.45) is 6.44. The van der Waals surface area contributed by atoms with Crippen LogP contribution < -0.4 is 0 Å². The fraction of sp³-hybridized carbons (Fsp3) is 1.00. The fourth-order valence-corrected chi connectivity index (χ4v) is 5.63. The van der Waals surface area contributed by atoms with Crippen LogP contribution in [-0.4, -0.2) is 27.1 Å². The highest BCUT2D eigenvalue weighted by molar-refractivity contribution is 7.99. The van der Waals surface area contributed by atoms with Gasteiger partial charge in [0.05, 0.1) is 0 Å². The summed E-state index contributed by atoms with van der Waals surface area (Å²) in [6.45, 7) is 0. The molecule has 0 radical (unpaired) electrons. The minimum Gasteiger partial charge on any atom is -0.616 e. The molecule has 0 spiro atoms. The summed E-state index contributed by atoms with van der Waals surface area (Å²) in [5.74, 6) is 4.36. The second-order valence-corrected chi connectivity index (χ2v) is 7.02. The SMILES string of the molecule is [O-][S+]1CCCCC1C1CCCSC1. The summed E-state index contributed by atoms with van der Waals surface area (Å²) >= 11 is 1.58. The van der Waals surface area contributed by atoms with Crippen molar-refractivity contribution >= 4 is 22.9 Å². The highest BCUT2D eigenvalue weighted by Gasteiger charge is 2.34. The van der Waals surface area contributed by atoms with Gasteiger partial charge in [-0.15, -0.1) is 0 Å². The van der Waals surface area contributed by atoms with E-state index in [0.29, 0.717) is 5.25 Å². The molecule has 2 saturated heterocycles. The number of hydrogen-bond donors (Lipinski definition) is 0. The minimum atomic E-state index is -0.489. The van der Waals surface area contributed by atoms with Crippen molar-refractivity contribution in [1.29, 1.82) is 0 Å². The van der Waals surface area contributed by atoms with Crippen LogP contribution >= 0.6 is 11.8 Å². The second kappa shape index (κ2) is 4.94. The Labute approximate surface area is 88.2 Å². The molecule has 76 valence electrons. The van der Waals surface area contributed by atoms with Gasteiger partial charge in [-0.3, -0.25) is 0 Å². The molecule has 0 aromatic rings. The van der Waals surface area contributed by atoms with E-state index in [1.54, 1.807) is 0 Å². The summed E-state index contributed by atoms with van der Waals surface area (Å²) in [5, 5.41) is 0.557. The molecule has 0 amide bonds. The van der Waals surface area contributed by atoms with Crippen LogP contribution in [0, 0.1) is 5.92 Å². The van der Waals surface area contributed by atoms with Crippen LogP contribution in [0.15, 0.2) is 0 Å². The van der Waals surface area contributed by atoms with Crippen LogP contribution in [0.3, 0.4) is 0 Å². The third kappa shape index (κ3) is 2.57.